The molecule has 1 aliphatic carbocycles. The number of thioether (sulfide) groups is 1. The molecule has 2 N–H and O–H groups in total. The molecule has 2 aliphatic rings. The average Bonchev–Trinajstić information content (AvgIpc) is 2.79. The highest BCUT2D eigenvalue weighted by Gasteiger charge is 2.40. The Kier molecular flexibility index (Phi) is 5.04. The molecule has 0 aromatic rings. The second-order valence-electron chi connectivity index (χ2n) is 7.33. The maximum atomic E-state index is 12.3. The molecule has 2 fully saturated rings. The number of hydrogen-bond donors (Lipinski definition) is 2. The first-order valence-corrected chi connectivity index (χ1v) is 8.73. The Bertz CT molecular complexity index is 469. The standard InChI is InChI=1S/C15H24N2O4S/c1-15(2,3)6-12(18)17-8-22-7-11(17)13(19)16-10-4-9(5-10)14(20)21/h9-11H,4-8H2,1-3H3,(H,16,19)(H,20,21). The van der Waals surface area contributed by atoms with Gasteiger partial charge in [0.15, 0.2) is 0 Å². The molecule has 0 radical (unpaired) electrons. The van der Waals surface area contributed by atoms with Crippen LogP contribution in [-0.4, -0.2) is 51.5 Å². The molecule has 7 heteroatoms. The van der Waals surface area contributed by atoms with E-state index >= 15 is 0 Å². The van der Waals surface area contributed by atoms with Crippen molar-refractivity contribution in [2.75, 3.05) is 11.6 Å². The van der Waals surface area contributed by atoms with E-state index in [2.05, 4.69) is 5.32 Å². The molecule has 1 aliphatic heterocycles. The fourth-order valence-corrected chi connectivity index (χ4v) is 3.88. The third-order valence-electron chi connectivity index (χ3n) is 4.02. The number of aliphatic carboxylic acids is 1. The molecule has 1 saturated carbocycles. The van der Waals surface area contributed by atoms with Crippen molar-refractivity contribution in [1.82, 2.24) is 10.2 Å². The molecule has 2 amide bonds. The third-order valence-corrected chi connectivity index (χ3v) is 5.03. The van der Waals surface area contributed by atoms with E-state index in [0.29, 0.717) is 30.9 Å². The molecule has 1 atom stereocenters. The largest absolute Gasteiger partial charge is 0.481 e. The zero-order chi connectivity index (χ0) is 16.5. The number of nitrogens with one attached hydrogen (secondary N) is 1. The summed E-state index contributed by atoms with van der Waals surface area (Å²) in [7, 11) is 0. The van der Waals surface area contributed by atoms with Gasteiger partial charge in [0.25, 0.3) is 0 Å². The summed E-state index contributed by atoms with van der Waals surface area (Å²) in [5, 5.41) is 11.7. The Balaban J connectivity index is 1.86. The van der Waals surface area contributed by atoms with E-state index in [9.17, 15) is 14.4 Å². The maximum Gasteiger partial charge on any atom is 0.306 e. The normalized spacial score (nSPS) is 28.1. The van der Waals surface area contributed by atoms with Crippen molar-refractivity contribution in [2.45, 2.75) is 52.1 Å². The van der Waals surface area contributed by atoms with Crippen LogP contribution >= 0.6 is 11.8 Å². The number of hydrogen-bond acceptors (Lipinski definition) is 4. The molecule has 1 unspecified atom stereocenters. The average molecular weight is 328 g/mol. The van der Waals surface area contributed by atoms with Gasteiger partial charge in [0.05, 0.1) is 11.8 Å². The predicted octanol–water partition coefficient (Wildman–Crippen LogP) is 1.30. The van der Waals surface area contributed by atoms with E-state index in [1.54, 1.807) is 16.7 Å². The number of rotatable bonds is 4. The van der Waals surface area contributed by atoms with Gasteiger partial charge in [0.1, 0.15) is 6.04 Å². The number of carboxylic acids is 1. The van der Waals surface area contributed by atoms with Gasteiger partial charge in [-0.2, -0.15) is 0 Å². The zero-order valence-electron chi connectivity index (χ0n) is 13.3. The van der Waals surface area contributed by atoms with Crippen LogP contribution in [-0.2, 0) is 14.4 Å². The van der Waals surface area contributed by atoms with E-state index < -0.39 is 12.0 Å². The van der Waals surface area contributed by atoms with Crippen LogP contribution in [0.4, 0.5) is 0 Å². The van der Waals surface area contributed by atoms with E-state index in [-0.39, 0.29) is 29.2 Å². The van der Waals surface area contributed by atoms with Crippen molar-refractivity contribution in [3.63, 3.8) is 0 Å². The van der Waals surface area contributed by atoms with Gasteiger partial charge in [-0.1, -0.05) is 20.8 Å². The Morgan fingerprint density at radius 1 is 1.27 bits per heavy atom. The zero-order valence-corrected chi connectivity index (χ0v) is 14.1. The number of nitrogens with zero attached hydrogens (tertiary/aromatic N) is 1. The van der Waals surface area contributed by atoms with Crippen LogP contribution < -0.4 is 5.32 Å². The minimum Gasteiger partial charge on any atom is -0.481 e. The smallest absolute Gasteiger partial charge is 0.306 e. The second kappa shape index (κ2) is 6.48. The van der Waals surface area contributed by atoms with Crippen molar-refractivity contribution >= 4 is 29.5 Å². The van der Waals surface area contributed by atoms with Gasteiger partial charge in [-0.05, 0) is 18.3 Å². The van der Waals surface area contributed by atoms with Gasteiger partial charge >= 0.3 is 5.97 Å². The number of carbonyl (C=O) groups excluding carboxylic acids is 2. The lowest BCUT2D eigenvalue weighted by Gasteiger charge is -2.34. The summed E-state index contributed by atoms with van der Waals surface area (Å²) in [5.74, 6) is -0.131. The monoisotopic (exact) mass is 328 g/mol. The number of carbonyl (C=O) groups is 3. The molecular formula is C15H24N2O4S. The van der Waals surface area contributed by atoms with Gasteiger partial charge in [0, 0.05) is 18.2 Å². The fourth-order valence-electron chi connectivity index (χ4n) is 2.70. The molecule has 22 heavy (non-hydrogen) atoms. The van der Waals surface area contributed by atoms with Crippen LogP contribution in [0.25, 0.3) is 0 Å². The van der Waals surface area contributed by atoms with Gasteiger partial charge < -0.3 is 15.3 Å². The lowest BCUT2D eigenvalue weighted by molar-refractivity contribution is -0.146. The molecule has 124 valence electrons. The first-order valence-electron chi connectivity index (χ1n) is 7.58. The SMILES string of the molecule is CC(C)(C)CC(=O)N1CSCC1C(=O)NC1CC(C(=O)O)C1. The third kappa shape index (κ3) is 4.15. The van der Waals surface area contributed by atoms with Gasteiger partial charge in [0.2, 0.25) is 11.8 Å². The fraction of sp³-hybridized carbons (Fsp3) is 0.800. The van der Waals surface area contributed by atoms with E-state index in [1.165, 1.54) is 0 Å². The number of carboxylic acid groups (broad SMARTS) is 1. The van der Waals surface area contributed by atoms with Crippen LogP contribution in [0.15, 0.2) is 0 Å². The Hall–Kier alpha value is -1.24. The molecule has 6 nitrogen and oxygen atoms in total. The minimum absolute atomic E-state index is 0.00896. The Morgan fingerprint density at radius 2 is 1.91 bits per heavy atom. The van der Waals surface area contributed by atoms with Crippen molar-refractivity contribution in [2.24, 2.45) is 11.3 Å². The number of amides is 2. The molecule has 0 aromatic carbocycles. The van der Waals surface area contributed by atoms with Crippen LogP contribution in [0.3, 0.4) is 0 Å². The van der Waals surface area contributed by atoms with Crippen LogP contribution in [0, 0.1) is 11.3 Å². The Labute approximate surface area is 135 Å². The summed E-state index contributed by atoms with van der Waals surface area (Å²) in [6.45, 7) is 6.01. The van der Waals surface area contributed by atoms with E-state index in [0.717, 1.165) is 0 Å². The van der Waals surface area contributed by atoms with Crippen molar-refractivity contribution in [3.8, 4) is 0 Å². The van der Waals surface area contributed by atoms with Gasteiger partial charge in [-0.3, -0.25) is 14.4 Å². The molecule has 0 aromatic heterocycles. The molecule has 0 spiro atoms. The summed E-state index contributed by atoms with van der Waals surface area (Å²) in [5.41, 5.74) is -0.103. The van der Waals surface area contributed by atoms with Crippen LogP contribution in [0.1, 0.15) is 40.0 Å². The van der Waals surface area contributed by atoms with Gasteiger partial charge in [-0.25, -0.2) is 0 Å². The molecule has 2 rings (SSSR count). The first-order chi connectivity index (χ1) is 10.2. The minimum atomic E-state index is -0.802. The van der Waals surface area contributed by atoms with Crippen molar-refractivity contribution in [1.29, 1.82) is 0 Å². The maximum absolute atomic E-state index is 12.3. The summed E-state index contributed by atoms with van der Waals surface area (Å²) >= 11 is 1.58. The lowest BCUT2D eigenvalue weighted by atomic mass is 9.80. The van der Waals surface area contributed by atoms with Crippen LogP contribution in [0.5, 0.6) is 0 Å². The molecule has 0 bridgehead atoms. The topological polar surface area (TPSA) is 86.7 Å². The van der Waals surface area contributed by atoms with E-state index in [1.807, 2.05) is 20.8 Å². The van der Waals surface area contributed by atoms with Crippen molar-refractivity contribution < 1.29 is 19.5 Å². The summed E-state index contributed by atoms with van der Waals surface area (Å²) in [4.78, 5) is 37.1. The van der Waals surface area contributed by atoms with Gasteiger partial charge in [-0.15, -0.1) is 11.8 Å². The highest BCUT2D eigenvalue weighted by Crippen LogP contribution is 2.29. The molecule has 1 heterocycles. The highest BCUT2D eigenvalue weighted by atomic mass is 32.2. The highest BCUT2D eigenvalue weighted by molar-refractivity contribution is 7.99. The quantitative estimate of drug-likeness (QED) is 0.812. The predicted molar refractivity (Wildman–Crippen MR) is 84.3 cm³/mol. The lowest BCUT2D eigenvalue weighted by Crippen LogP contribution is -2.54. The summed E-state index contributed by atoms with van der Waals surface area (Å²) in [6, 6.07) is -0.498. The molecule has 1 saturated heterocycles. The summed E-state index contributed by atoms with van der Waals surface area (Å²) < 4.78 is 0. The second-order valence-corrected chi connectivity index (χ2v) is 8.33. The van der Waals surface area contributed by atoms with Crippen LogP contribution in [0.2, 0.25) is 0 Å². The first kappa shape index (κ1) is 17.1. The van der Waals surface area contributed by atoms with Crippen molar-refractivity contribution in [3.05, 3.63) is 0 Å². The Morgan fingerprint density at radius 3 is 2.45 bits per heavy atom. The molecular weight excluding hydrogens is 304 g/mol. The van der Waals surface area contributed by atoms with E-state index in [4.69, 9.17) is 5.11 Å². The summed E-state index contributed by atoms with van der Waals surface area (Å²) in [6.07, 6.45) is 1.38.